The Balaban J connectivity index is -0.0000000546. The van der Waals surface area contributed by atoms with Crippen LogP contribution in [0.4, 0.5) is 0 Å². The molecule has 2 N–H and O–H groups in total. The van der Waals surface area contributed by atoms with Crippen LogP contribution in [0.2, 0.25) is 0 Å². The maximum Gasteiger partial charge on any atom is 0.00334 e. The summed E-state index contributed by atoms with van der Waals surface area (Å²) >= 11 is 0. The topological polar surface area (TPSA) is 26.0 Å². The molecule has 0 aliphatic heterocycles. The molecular formula is C13H33N. The quantitative estimate of drug-likeness (QED) is 0.618. The van der Waals surface area contributed by atoms with Crippen molar-refractivity contribution in [1.29, 1.82) is 0 Å². The summed E-state index contributed by atoms with van der Waals surface area (Å²) in [7, 11) is 0. The number of nitrogens with two attached hydrogens (primary N) is 1. The fourth-order valence-corrected chi connectivity index (χ4v) is 0. The average Bonchev–Trinajstić information content (AvgIpc) is 2.24. The summed E-state index contributed by atoms with van der Waals surface area (Å²) in [6.45, 7) is 18.2. The first-order valence-electron chi connectivity index (χ1n) is 5.89. The van der Waals surface area contributed by atoms with Crippen molar-refractivity contribution in [1.82, 2.24) is 0 Å². The maximum atomic E-state index is 5.44. The van der Waals surface area contributed by atoms with Crippen LogP contribution in [0, 0.1) is 5.92 Å². The Bertz CT molecular complexity index is 63.3. The second kappa shape index (κ2) is 29.3. The number of hydrogen-bond donors (Lipinski definition) is 1. The largest absolute Gasteiger partial charge is 0.328 e. The molecule has 0 amide bonds. The molecule has 0 fully saturated rings. The van der Waals surface area contributed by atoms with Crippen LogP contribution in [0.5, 0.6) is 0 Å². The van der Waals surface area contributed by atoms with E-state index in [2.05, 4.69) is 13.8 Å². The van der Waals surface area contributed by atoms with Crippen molar-refractivity contribution in [2.75, 3.05) is 0 Å². The van der Waals surface area contributed by atoms with Crippen molar-refractivity contribution in [2.24, 2.45) is 11.7 Å². The first-order chi connectivity index (χ1) is 6.56. The van der Waals surface area contributed by atoms with Gasteiger partial charge in [-0.1, -0.05) is 53.7 Å². The summed E-state index contributed by atoms with van der Waals surface area (Å²) < 4.78 is 0. The van der Waals surface area contributed by atoms with Gasteiger partial charge in [0.05, 0.1) is 0 Å². The highest BCUT2D eigenvalue weighted by Gasteiger charge is 1.95. The molecule has 0 saturated carbocycles. The standard InChI is InChI=1S/C5H13N.C4H8.2C2H6/c1-4(2)5(3)6;1-3-4-2;2*1-2/h4-5H,6H2,1-3H3;3-4H,1-2H3;2*1-2H3. The van der Waals surface area contributed by atoms with E-state index < -0.39 is 0 Å². The fourth-order valence-electron chi connectivity index (χ4n) is 0. The second-order valence-corrected chi connectivity index (χ2v) is 2.77. The van der Waals surface area contributed by atoms with Crippen molar-refractivity contribution < 1.29 is 0 Å². The molecule has 0 rings (SSSR count). The normalized spacial score (nSPS) is 10.2. The Morgan fingerprint density at radius 1 is 0.786 bits per heavy atom. The molecule has 0 aromatic heterocycles. The van der Waals surface area contributed by atoms with Gasteiger partial charge in [0.25, 0.3) is 0 Å². The first-order valence-corrected chi connectivity index (χ1v) is 5.89. The van der Waals surface area contributed by atoms with E-state index in [1.807, 2.05) is 60.6 Å². The summed E-state index contributed by atoms with van der Waals surface area (Å²) in [6, 6.07) is 0.352. The third-order valence-corrected chi connectivity index (χ3v) is 1.38. The van der Waals surface area contributed by atoms with E-state index in [-0.39, 0.29) is 0 Å². The van der Waals surface area contributed by atoms with Gasteiger partial charge in [-0.05, 0) is 26.7 Å². The van der Waals surface area contributed by atoms with Crippen LogP contribution in [0.3, 0.4) is 0 Å². The molecule has 1 heteroatoms. The summed E-state index contributed by atoms with van der Waals surface area (Å²) in [5.41, 5.74) is 5.44. The maximum absolute atomic E-state index is 5.44. The van der Waals surface area contributed by atoms with E-state index in [9.17, 15) is 0 Å². The van der Waals surface area contributed by atoms with Crippen LogP contribution >= 0.6 is 0 Å². The van der Waals surface area contributed by atoms with E-state index in [1.165, 1.54) is 0 Å². The zero-order valence-corrected chi connectivity index (χ0v) is 11.9. The Hall–Kier alpha value is -0.300. The zero-order valence-electron chi connectivity index (χ0n) is 11.9. The molecule has 0 aromatic rings. The van der Waals surface area contributed by atoms with Crippen molar-refractivity contribution in [3.8, 4) is 0 Å². The highest BCUT2D eigenvalue weighted by atomic mass is 14.6. The molecular weight excluding hydrogens is 170 g/mol. The van der Waals surface area contributed by atoms with Crippen molar-refractivity contribution in [3.63, 3.8) is 0 Å². The summed E-state index contributed by atoms with van der Waals surface area (Å²) in [5, 5.41) is 0. The summed E-state index contributed by atoms with van der Waals surface area (Å²) in [5.74, 6) is 0.630. The fraction of sp³-hybridized carbons (Fsp3) is 0.846. The lowest BCUT2D eigenvalue weighted by Crippen LogP contribution is -2.21. The minimum absolute atomic E-state index is 0.352. The SMILES string of the molecule is CC.CC.CC(C)C(C)N.CC=CC. The predicted octanol–water partition coefficient (Wildman–Crippen LogP) is 4.62. The van der Waals surface area contributed by atoms with Crippen LogP contribution in [-0.4, -0.2) is 6.04 Å². The first kappa shape index (κ1) is 23.5. The molecule has 0 aliphatic carbocycles. The highest BCUT2D eigenvalue weighted by molar-refractivity contribution is 4.68. The molecule has 1 nitrogen and oxygen atoms in total. The minimum atomic E-state index is 0.352. The molecule has 0 bridgehead atoms. The van der Waals surface area contributed by atoms with Gasteiger partial charge in [0, 0.05) is 6.04 Å². The van der Waals surface area contributed by atoms with E-state index >= 15 is 0 Å². The highest BCUT2D eigenvalue weighted by Crippen LogP contribution is 1.93. The third-order valence-electron chi connectivity index (χ3n) is 1.38. The lowest BCUT2D eigenvalue weighted by atomic mass is 10.1. The van der Waals surface area contributed by atoms with Crippen LogP contribution in [-0.2, 0) is 0 Å². The molecule has 1 unspecified atom stereocenters. The van der Waals surface area contributed by atoms with Crippen LogP contribution in [0.1, 0.15) is 62.3 Å². The Morgan fingerprint density at radius 3 is 0.929 bits per heavy atom. The van der Waals surface area contributed by atoms with Crippen molar-refractivity contribution >= 4 is 0 Å². The number of allylic oxidation sites excluding steroid dienone is 2. The second-order valence-electron chi connectivity index (χ2n) is 2.77. The van der Waals surface area contributed by atoms with Crippen LogP contribution in [0.25, 0.3) is 0 Å². The van der Waals surface area contributed by atoms with E-state index in [4.69, 9.17) is 5.73 Å². The van der Waals surface area contributed by atoms with E-state index in [1.54, 1.807) is 0 Å². The van der Waals surface area contributed by atoms with Gasteiger partial charge >= 0.3 is 0 Å². The molecule has 0 aromatic carbocycles. The number of hydrogen-bond acceptors (Lipinski definition) is 1. The zero-order chi connectivity index (χ0) is 12.6. The molecule has 0 saturated heterocycles. The summed E-state index contributed by atoms with van der Waals surface area (Å²) in [6.07, 6.45) is 4.00. The monoisotopic (exact) mass is 203 g/mol. The smallest absolute Gasteiger partial charge is 0.00334 e. The van der Waals surface area contributed by atoms with E-state index in [0.29, 0.717) is 12.0 Å². The van der Waals surface area contributed by atoms with Crippen molar-refractivity contribution in [2.45, 2.75) is 68.4 Å². The van der Waals surface area contributed by atoms with Gasteiger partial charge in [0.2, 0.25) is 0 Å². The van der Waals surface area contributed by atoms with Gasteiger partial charge in [-0.2, -0.15) is 0 Å². The molecule has 14 heavy (non-hydrogen) atoms. The van der Waals surface area contributed by atoms with Crippen molar-refractivity contribution in [3.05, 3.63) is 12.2 Å². The number of rotatable bonds is 1. The van der Waals surface area contributed by atoms with Gasteiger partial charge < -0.3 is 5.73 Å². The predicted molar refractivity (Wildman–Crippen MR) is 71.7 cm³/mol. The Morgan fingerprint density at radius 2 is 0.929 bits per heavy atom. The lowest BCUT2D eigenvalue weighted by Gasteiger charge is -2.05. The minimum Gasteiger partial charge on any atom is -0.328 e. The van der Waals surface area contributed by atoms with Gasteiger partial charge in [-0.3, -0.25) is 0 Å². The molecule has 0 spiro atoms. The van der Waals surface area contributed by atoms with Gasteiger partial charge in [-0.15, -0.1) is 0 Å². The van der Waals surface area contributed by atoms with E-state index in [0.717, 1.165) is 0 Å². The molecule has 90 valence electrons. The van der Waals surface area contributed by atoms with Gasteiger partial charge in [0.15, 0.2) is 0 Å². The third kappa shape index (κ3) is 60.6. The van der Waals surface area contributed by atoms with Gasteiger partial charge in [-0.25, -0.2) is 0 Å². The lowest BCUT2D eigenvalue weighted by molar-refractivity contribution is 0.529. The van der Waals surface area contributed by atoms with Crippen LogP contribution < -0.4 is 5.73 Å². The van der Waals surface area contributed by atoms with Gasteiger partial charge in [0.1, 0.15) is 0 Å². The molecule has 0 radical (unpaired) electrons. The Labute approximate surface area is 92.8 Å². The average molecular weight is 203 g/mol. The van der Waals surface area contributed by atoms with Crippen LogP contribution in [0.15, 0.2) is 12.2 Å². The molecule has 1 atom stereocenters. The molecule has 0 heterocycles. The molecule has 0 aliphatic rings. The Kier molecular flexibility index (Phi) is 49.2. The summed E-state index contributed by atoms with van der Waals surface area (Å²) in [4.78, 5) is 0.